The maximum absolute atomic E-state index is 5.48. The predicted octanol–water partition coefficient (Wildman–Crippen LogP) is 4.19. The number of benzene rings is 2. The second kappa shape index (κ2) is 13.1. The van der Waals surface area contributed by atoms with Gasteiger partial charge in [-0.15, -0.1) is 24.0 Å². The first kappa shape index (κ1) is 24.9. The summed E-state index contributed by atoms with van der Waals surface area (Å²) in [4.78, 5) is 4.30. The van der Waals surface area contributed by atoms with Crippen molar-refractivity contribution in [3.8, 4) is 17.2 Å². The largest absolute Gasteiger partial charge is 0.497 e. The summed E-state index contributed by atoms with van der Waals surface area (Å²) in [5, 5.41) is 6.70. The van der Waals surface area contributed by atoms with Gasteiger partial charge in [-0.3, -0.25) is 4.99 Å². The van der Waals surface area contributed by atoms with Gasteiger partial charge in [-0.2, -0.15) is 0 Å². The molecule has 0 aliphatic heterocycles. The third-order valence-electron chi connectivity index (χ3n) is 4.71. The molecule has 0 radical (unpaired) electrons. The van der Waals surface area contributed by atoms with Gasteiger partial charge in [0.1, 0.15) is 5.75 Å². The molecule has 6 nitrogen and oxygen atoms in total. The minimum Gasteiger partial charge on any atom is -0.497 e. The van der Waals surface area contributed by atoms with Crippen molar-refractivity contribution in [1.29, 1.82) is 0 Å². The molecule has 0 aliphatic rings. The lowest BCUT2D eigenvalue weighted by Crippen LogP contribution is -2.37. The van der Waals surface area contributed by atoms with Gasteiger partial charge in [-0.05, 0) is 36.1 Å². The van der Waals surface area contributed by atoms with E-state index in [1.54, 1.807) is 28.4 Å². The number of para-hydroxylation sites is 1. The van der Waals surface area contributed by atoms with E-state index in [0.29, 0.717) is 12.5 Å². The fourth-order valence-corrected chi connectivity index (χ4v) is 3.00. The van der Waals surface area contributed by atoms with E-state index in [1.165, 1.54) is 5.56 Å². The van der Waals surface area contributed by atoms with Crippen LogP contribution in [0.25, 0.3) is 0 Å². The minimum absolute atomic E-state index is 0. The zero-order valence-corrected chi connectivity index (χ0v) is 20.2. The molecule has 0 saturated carbocycles. The number of rotatable bonds is 9. The van der Waals surface area contributed by atoms with Gasteiger partial charge in [0.2, 0.25) is 0 Å². The van der Waals surface area contributed by atoms with Crippen molar-refractivity contribution in [2.45, 2.75) is 25.8 Å². The van der Waals surface area contributed by atoms with Crippen molar-refractivity contribution in [2.24, 2.45) is 4.99 Å². The summed E-state index contributed by atoms with van der Waals surface area (Å²) in [6.45, 7) is 3.64. The molecule has 0 amide bonds. The molecule has 0 fully saturated rings. The Morgan fingerprint density at radius 2 is 1.69 bits per heavy atom. The Bertz CT molecular complexity index is 766. The number of hydrogen-bond acceptors (Lipinski definition) is 4. The quantitative estimate of drug-likeness (QED) is 0.299. The first-order chi connectivity index (χ1) is 13.6. The van der Waals surface area contributed by atoms with E-state index in [1.807, 2.05) is 30.3 Å². The van der Waals surface area contributed by atoms with Crippen LogP contribution in [0.15, 0.2) is 47.5 Å². The molecule has 2 aromatic rings. The highest BCUT2D eigenvalue weighted by Crippen LogP contribution is 2.30. The molecule has 2 N–H and O–H groups in total. The fraction of sp³-hybridized carbons (Fsp3) is 0.409. The second-order valence-corrected chi connectivity index (χ2v) is 6.47. The number of hydrogen-bond donors (Lipinski definition) is 2. The summed E-state index contributed by atoms with van der Waals surface area (Å²) in [5.74, 6) is 3.53. The number of nitrogens with zero attached hydrogens (tertiary/aromatic N) is 1. The maximum atomic E-state index is 5.48. The molecule has 1 atom stereocenters. The number of nitrogens with one attached hydrogen (secondary N) is 2. The van der Waals surface area contributed by atoms with Gasteiger partial charge < -0.3 is 24.8 Å². The summed E-state index contributed by atoms with van der Waals surface area (Å²) >= 11 is 0. The van der Waals surface area contributed by atoms with Crippen LogP contribution in [-0.2, 0) is 6.54 Å². The van der Waals surface area contributed by atoms with Crippen molar-refractivity contribution < 1.29 is 14.2 Å². The van der Waals surface area contributed by atoms with Crippen molar-refractivity contribution in [3.63, 3.8) is 0 Å². The van der Waals surface area contributed by atoms with Crippen LogP contribution in [0.5, 0.6) is 17.2 Å². The van der Waals surface area contributed by atoms with Crippen molar-refractivity contribution in [1.82, 2.24) is 10.6 Å². The number of methoxy groups -OCH3 is 3. The molecule has 0 heterocycles. The molecule has 0 bridgehead atoms. The third kappa shape index (κ3) is 7.30. The zero-order valence-electron chi connectivity index (χ0n) is 17.8. The highest BCUT2D eigenvalue weighted by molar-refractivity contribution is 14.0. The summed E-state index contributed by atoms with van der Waals surface area (Å²) in [6, 6.07) is 14.1. The van der Waals surface area contributed by atoms with Crippen LogP contribution in [0.4, 0.5) is 0 Å². The van der Waals surface area contributed by atoms with Gasteiger partial charge in [0, 0.05) is 25.7 Å². The number of guanidine groups is 1. The van der Waals surface area contributed by atoms with Crippen molar-refractivity contribution in [2.75, 3.05) is 34.9 Å². The van der Waals surface area contributed by atoms with Crippen LogP contribution >= 0.6 is 24.0 Å². The lowest BCUT2D eigenvalue weighted by atomic mass is 9.98. The van der Waals surface area contributed by atoms with Crippen LogP contribution in [0, 0.1) is 0 Å². The topological polar surface area (TPSA) is 64.1 Å². The Morgan fingerprint density at radius 3 is 2.28 bits per heavy atom. The molecule has 2 aromatic carbocycles. The Hall–Kier alpha value is -2.16. The molecule has 29 heavy (non-hydrogen) atoms. The molecule has 0 spiro atoms. The Balaban J connectivity index is 0.00000420. The van der Waals surface area contributed by atoms with Crippen LogP contribution in [-0.4, -0.2) is 40.9 Å². The Morgan fingerprint density at radius 1 is 0.966 bits per heavy atom. The first-order valence-electron chi connectivity index (χ1n) is 9.41. The normalized spacial score (nSPS) is 11.8. The summed E-state index contributed by atoms with van der Waals surface area (Å²) in [5.41, 5.74) is 2.31. The van der Waals surface area contributed by atoms with E-state index in [4.69, 9.17) is 14.2 Å². The van der Waals surface area contributed by atoms with Crippen LogP contribution in [0.2, 0.25) is 0 Å². The highest BCUT2D eigenvalue weighted by atomic mass is 127. The van der Waals surface area contributed by atoms with E-state index in [2.05, 4.69) is 34.7 Å². The summed E-state index contributed by atoms with van der Waals surface area (Å²) in [7, 11) is 6.74. The van der Waals surface area contributed by atoms with Gasteiger partial charge in [-0.25, -0.2) is 0 Å². The first-order valence-corrected chi connectivity index (χ1v) is 9.41. The number of halogens is 1. The predicted molar refractivity (Wildman–Crippen MR) is 129 cm³/mol. The van der Waals surface area contributed by atoms with Crippen LogP contribution in [0.1, 0.15) is 30.4 Å². The summed E-state index contributed by atoms with van der Waals surface area (Å²) < 4.78 is 16.0. The molecule has 160 valence electrons. The zero-order chi connectivity index (χ0) is 20.4. The summed E-state index contributed by atoms with van der Waals surface area (Å²) in [6.07, 6.45) is 0.996. The van der Waals surface area contributed by atoms with Crippen molar-refractivity contribution in [3.05, 3.63) is 53.6 Å². The van der Waals surface area contributed by atoms with Crippen molar-refractivity contribution >= 4 is 29.9 Å². The Labute approximate surface area is 191 Å². The van der Waals surface area contributed by atoms with Crippen LogP contribution < -0.4 is 24.8 Å². The lowest BCUT2D eigenvalue weighted by molar-refractivity contribution is 0.351. The molecule has 0 aliphatic carbocycles. The van der Waals surface area contributed by atoms with Gasteiger partial charge in [0.25, 0.3) is 0 Å². The molecular weight excluding hydrogens is 481 g/mol. The smallest absolute Gasteiger partial charge is 0.191 e. The van der Waals surface area contributed by atoms with E-state index < -0.39 is 0 Å². The van der Waals surface area contributed by atoms with E-state index in [9.17, 15) is 0 Å². The SMILES string of the molecule is CN=C(NCCC(C)c1ccc(OC)cc1)NCc1cccc(OC)c1OC.I. The Kier molecular flexibility index (Phi) is 11.3. The fourth-order valence-electron chi connectivity index (χ4n) is 3.00. The monoisotopic (exact) mass is 513 g/mol. The molecule has 0 aromatic heterocycles. The molecule has 2 rings (SSSR count). The number of ether oxygens (including phenoxy) is 3. The molecular formula is C22H32IN3O3. The lowest BCUT2D eigenvalue weighted by Gasteiger charge is -2.17. The van der Waals surface area contributed by atoms with E-state index in [-0.39, 0.29) is 24.0 Å². The molecule has 7 heteroatoms. The van der Waals surface area contributed by atoms with Gasteiger partial charge in [-0.1, -0.05) is 31.2 Å². The van der Waals surface area contributed by atoms with Gasteiger partial charge >= 0.3 is 0 Å². The van der Waals surface area contributed by atoms with Crippen LogP contribution in [0.3, 0.4) is 0 Å². The highest BCUT2D eigenvalue weighted by Gasteiger charge is 2.10. The molecule has 1 unspecified atom stereocenters. The van der Waals surface area contributed by atoms with E-state index >= 15 is 0 Å². The van der Waals surface area contributed by atoms with Gasteiger partial charge in [0.15, 0.2) is 17.5 Å². The van der Waals surface area contributed by atoms with E-state index in [0.717, 1.165) is 41.7 Å². The average molecular weight is 513 g/mol. The number of aliphatic imine (C=N–C) groups is 1. The van der Waals surface area contributed by atoms with Gasteiger partial charge in [0.05, 0.1) is 21.3 Å². The average Bonchev–Trinajstić information content (AvgIpc) is 2.75. The standard InChI is InChI=1S/C22H31N3O3.HI/c1-16(17-9-11-19(26-3)12-10-17)13-14-24-22(23-2)25-15-18-7-6-8-20(27-4)21(18)28-5;/h6-12,16H,13-15H2,1-5H3,(H2,23,24,25);1H. The molecule has 0 saturated heterocycles. The minimum atomic E-state index is 0. The second-order valence-electron chi connectivity index (χ2n) is 6.47. The maximum Gasteiger partial charge on any atom is 0.191 e. The third-order valence-corrected chi connectivity index (χ3v) is 4.71.